The first kappa shape index (κ1) is 38.2. The van der Waals surface area contributed by atoms with Crippen LogP contribution in [-0.2, 0) is 0 Å². The van der Waals surface area contributed by atoms with Crippen LogP contribution in [0.5, 0.6) is 0 Å². The molecule has 0 radical (unpaired) electrons. The van der Waals surface area contributed by atoms with E-state index in [4.69, 9.17) is 19.4 Å². The van der Waals surface area contributed by atoms with Gasteiger partial charge in [0.05, 0.1) is 11.6 Å². The summed E-state index contributed by atoms with van der Waals surface area (Å²) in [6.45, 7) is 2.10. The lowest BCUT2D eigenvalue weighted by Crippen LogP contribution is -2.00. The number of hydrogen-bond acceptors (Lipinski definition) is 5. The van der Waals surface area contributed by atoms with Gasteiger partial charge in [-0.1, -0.05) is 175 Å². The fourth-order valence-corrected chi connectivity index (χ4v) is 8.56. The Morgan fingerprint density at radius 1 is 0.359 bits per heavy atom. The van der Waals surface area contributed by atoms with Crippen molar-refractivity contribution in [1.29, 1.82) is 5.26 Å². The fraction of sp³-hybridized carbons (Fsp3) is 0.0169. The molecule has 0 amide bonds. The van der Waals surface area contributed by atoms with E-state index in [-0.39, 0.29) is 0 Å². The maximum Gasteiger partial charge on any atom is 0.164 e. The molecule has 0 aliphatic carbocycles. The van der Waals surface area contributed by atoms with Gasteiger partial charge in [-0.3, -0.25) is 0 Å². The Hall–Kier alpha value is -8.72. The largest absolute Gasteiger partial charge is 0.456 e. The van der Waals surface area contributed by atoms with E-state index in [1.54, 1.807) is 0 Å². The molecule has 0 atom stereocenters. The first-order chi connectivity index (χ1) is 31.5. The Kier molecular flexibility index (Phi) is 9.72. The summed E-state index contributed by atoms with van der Waals surface area (Å²) in [6.07, 6.45) is 0. The quantitative estimate of drug-likeness (QED) is 0.153. The van der Waals surface area contributed by atoms with E-state index in [0.717, 1.165) is 77.6 Å². The normalized spacial score (nSPS) is 11.2. The molecule has 0 fully saturated rings. The average Bonchev–Trinajstić information content (AvgIpc) is 3.75. The molecule has 11 rings (SSSR count). The molecule has 0 bridgehead atoms. The summed E-state index contributed by atoms with van der Waals surface area (Å²) in [5, 5.41) is 12.0. The average molecular weight is 819 g/mol. The van der Waals surface area contributed by atoms with Crippen molar-refractivity contribution in [3.63, 3.8) is 0 Å². The van der Waals surface area contributed by atoms with Crippen molar-refractivity contribution < 1.29 is 4.42 Å². The topological polar surface area (TPSA) is 75.6 Å². The Balaban J connectivity index is 1.02. The molecule has 5 heteroatoms. The second-order valence-electron chi connectivity index (χ2n) is 16.0. The second-order valence-corrected chi connectivity index (χ2v) is 16.0. The van der Waals surface area contributed by atoms with Crippen molar-refractivity contribution in [1.82, 2.24) is 15.0 Å². The molecule has 0 saturated heterocycles. The lowest BCUT2D eigenvalue weighted by Gasteiger charge is -2.11. The highest BCUT2D eigenvalue weighted by molar-refractivity contribution is 6.13. The van der Waals surface area contributed by atoms with Gasteiger partial charge in [0.15, 0.2) is 17.5 Å². The van der Waals surface area contributed by atoms with E-state index in [9.17, 15) is 5.26 Å². The predicted molar refractivity (Wildman–Crippen MR) is 260 cm³/mol. The third-order valence-electron chi connectivity index (χ3n) is 11.9. The molecule has 0 aliphatic heterocycles. The molecular formula is C59H38N4O. The summed E-state index contributed by atoms with van der Waals surface area (Å²) in [5.41, 5.74) is 16.7. The molecule has 0 saturated carbocycles. The molecule has 2 heterocycles. The van der Waals surface area contributed by atoms with Crippen LogP contribution in [0.4, 0.5) is 0 Å². The maximum absolute atomic E-state index is 9.93. The molecule has 9 aromatic carbocycles. The van der Waals surface area contributed by atoms with Gasteiger partial charge in [0.25, 0.3) is 0 Å². The van der Waals surface area contributed by atoms with Gasteiger partial charge in [-0.25, -0.2) is 15.0 Å². The van der Waals surface area contributed by atoms with Crippen LogP contribution in [0, 0.1) is 18.3 Å². The van der Waals surface area contributed by atoms with Gasteiger partial charge in [-0.2, -0.15) is 5.26 Å². The van der Waals surface area contributed by atoms with Gasteiger partial charge >= 0.3 is 0 Å². The van der Waals surface area contributed by atoms with E-state index in [1.807, 2.05) is 72.8 Å². The van der Waals surface area contributed by atoms with Crippen molar-refractivity contribution in [2.45, 2.75) is 6.92 Å². The summed E-state index contributed by atoms with van der Waals surface area (Å²) >= 11 is 0. The Bertz CT molecular complexity index is 3570. The van der Waals surface area contributed by atoms with Gasteiger partial charge in [-0.15, -0.1) is 0 Å². The molecule has 0 unspecified atom stereocenters. The highest BCUT2D eigenvalue weighted by Gasteiger charge is 2.18. The molecule has 64 heavy (non-hydrogen) atoms. The zero-order chi connectivity index (χ0) is 43.0. The Morgan fingerprint density at radius 2 is 0.797 bits per heavy atom. The predicted octanol–water partition coefficient (Wildman–Crippen LogP) is 15.3. The van der Waals surface area contributed by atoms with Crippen molar-refractivity contribution in [3.8, 4) is 95.9 Å². The molecule has 2 aromatic heterocycles. The van der Waals surface area contributed by atoms with Crippen LogP contribution in [0.15, 0.2) is 217 Å². The van der Waals surface area contributed by atoms with Crippen LogP contribution in [0.25, 0.3) is 112 Å². The maximum atomic E-state index is 9.93. The van der Waals surface area contributed by atoms with Crippen LogP contribution in [-0.4, -0.2) is 15.0 Å². The number of hydrogen-bond donors (Lipinski definition) is 0. The van der Waals surface area contributed by atoms with Crippen LogP contribution in [0.1, 0.15) is 11.1 Å². The molecule has 0 N–H and O–H groups in total. The van der Waals surface area contributed by atoms with E-state index >= 15 is 0 Å². The SMILES string of the molecule is Cc1ccc(-c2ccc(-c3cccc(-c4nc(-c5cccc(-c6ccccc6C#N)c5)nc(-c5ccc6c(c5)oc5cccc(-c7cccc(-c8ccccc8)c7)c56)n4)c3)cc2)cc1. The first-order valence-corrected chi connectivity index (χ1v) is 21.3. The highest BCUT2D eigenvalue weighted by Crippen LogP contribution is 2.40. The van der Waals surface area contributed by atoms with Crippen molar-refractivity contribution >= 4 is 21.9 Å². The summed E-state index contributed by atoms with van der Waals surface area (Å²) in [6, 6.07) is 75.2. The van der Waals surface area contributed by atoms with Crippen molar-refractivity contribution in [2.24, 2.45) is 0 Å². The van der Waals surface area contributed by atoms with Gasteiger partial charge in [-0.05, 0) is 105 Å². The van der Waals surface area contributed by atoms with E-state index in [2.05, 4.69) is 153 Å². The lowest BCUT2D eigenvalue weighted by molar-refractivity contribution is 0.669. The van der Waals surface area contributed by atoms with E-state index in [1.165, 1.54) is 22.3 Å². The zero-order valence-electron chi connectivity index (χ0n) is 34.9. The number of benzene rings is 9. The van der Waals surface area contributed by atoms with Gasteiger partial charge < -0.3 is 4.42 Å². The Morgan fingerprint density at radius 3 is 1.45 bits per heavy atom. The number of nitrogens with zero attached hydrogens (tertiary/aromatic N) is 4. The second kappa shape index (κ2) is 16.3. The van der Waals surface area contributed by atoms with Crippen LogP contribution in [0.3, 0.4) is 0 Å². The van der Waals surface area contributed by atoms with Gasteiger partial charge in [0.1, 0.15) is 11.2 Å². The lowest BCUT2D eigenvalue weighted by atomic mass is 9.96. The molecule has 0 spiro atoms. The Labute approximate surface area is 371 Å². The smallest absolute Gasteiger partial charge is 0.164 e. The summed E-state index contributed by atoms with van der Waals surface area (Å²) in [7, 11) is 0. The summed E-state index contributed by atoms with van der Waals surface area (Å²) in [5.74, 6) is 1.59. The number of nitriles is 1. The monoisotopic (exact) mass is 818 g/mol. The fourth-order valence-electron chi connectivity index (χ4n) is 8.56. The number of aromatic nitrogens is 3. The third-order valence-corrected chi connectivity index (χ3v) is 11.9. The molecule has 0 aliphatic rings. The number of furan rings is 1. The van der Waals surface area contributed by atoms with Gasteiger partial charge in [0.2, 0.25) is 0 Å². The molecule has 11 aromatic rings. The number of aryl methyl sites for hydroxylation is 1. The molecule has 5 nitrogen and oxygen atoms in total. The zero-order valence-corrected chi connectivity index (χ0v) is 34.9. The summed E-state index contributed by atoms with van der Waals surface area (Å²) in [4.78, 5) is 15.4. The minimum atomic E-state index is 0.522. The molecule has 300 valence electrons. The van der Waals surface area contributed by atoms with Gasteiger partial charge in [0, 0.05) is 27.5 Å². The number of rotatable bonds is 8. The van der Waals surface area contributed by atoms with E-state index in [0.29, 0.717) is 23.0 Å². The van der Waals surface area contributed by atoms with Crippen LogP contribution >= 0.6 is 0 Å². The minimum absolute atomic E-state index is 0.522. The summed E-state index contributed by atoms with van der Waals surface area (Å²) < 4.78 is 6.62. The third kappa shape index (κ3) is 7.30. The standard InChI is InChI=1S/C59H38N4O/c1-38-23-25-40(26-24-38)41-27-29-42(30-28-41)44-15-8-18-47(34-44)57-61-58(48-19-9-16-45(35-48)51-20-6-5-13-50(51)37-60)63-59(62-57)49-31-32-53-55(36-49)64-54-22-10-21-52(56(53)54)46-17-7-14-43(33-46)39-11-3-2-4-12-39/h2-36H,1H3. The van der Waals surface area contributed by atoms with E-state index < -0.39 is 0 Å². The minimum Gasteiger partial charge on any atom is -0.456 e. The van der Waals surface area contributed by atoms with Crippen LogP contribution in [0.2, 0.25) is 0 Å². The molecular weight excluding hydrogens is 781 g/mol. The highest BCUT2D eigenvalue weighted by atomic mass is 16.3. The van der Waals surface area contributed by atoms with Crippen LogP contribution < -0.4 is 0 Å². The number of fused-ring (bicyclic) bond motifs is 3. The first-order valence-electron chi connectivity index (χ1n) is 21.3. The van der Waals surface area contributed by atoms with Crippen molar-refractivity contribution in [3.05, 3.63) is 223 Å². The van der Waals surface area contributed by atoms with Crippen molar-refractivity contribution in [2.75, 3.05) is 0 Å².